The van der Waals surface area contributed by atoms with E-state index >= 15 is 0 Å². The zero-order chi connectivity index (χ0) is 15.2. The minimum atomic E-state index is -0.313. The lowest BCUT2D eigenvalue weighted by Crippen LogP contribution is -2.35. The lowest BCUT2D eigenvalue weighted by molar-refractivity contribution is 0.103. The SMILES string of the molecule is CC(O)CN(Cc1cnn(Cc2ccccc2)c1)C(C)C. The summed E-state index contributed by atoms with van der Waals surface area (Å²) in [6.45, 7) is 8.42. The van der Waals surface area contributed by atoms with Crippen molar-refractivity contribution >= 4 is 0 Å². The molecule has 0 saturated carbocycles. The molecule has 0 aliphatic carbocycles. The zero-order valence-electron chi connectivity index (χ0n) is 13.1. The van der Waals surface area contributed by atoms with E-state index < -0.39 is 0 Å². The predicted octanol–water partition coefficient (Wildman–Crippen LogP) is 2.52. The van der Waals surface area contributed by atoms with Gasteiger partial charge in [-0.25, -0.2) is 0 Å². The Morgan fingerprint density at radius 2 is 1.86 bits per heavy atom. The second-order valence-corrected chi connectivity index (χ2v) is 5.90. The first kappa shape index (κ1) is 15.7. The van der Waals surface area contributed by atoms with Gasteiger partial charge in [0.25, 0.3) is 0 Å². The van der Waals surface area contributed by atoms with Crippen LogP contribution < -0.4 is 0 Å². The van der Waals surface area contributed by atoms with Gasteiger partial charge in [0.2, 0.25) is 0 Å². The van der Waals surface area contributed by atoms with Crippen LogP contribution in [0.1, 0.15) is 31.9 Å². The number of nitrogens with zero attached hydrogens (tertiary/aromatic N) is 3. The van der Waals surface area contributed by atoms with Crippen LogP contribution in [0.3, 0.4) is 0 Å². The highest BCUT2D eigenvalue weighted by Gasteiger charge is 2.13. The van der Waals surface area contributed by atoms with E-state index in [1.807, 2.05) is 36.0 Å². The first-order chi connectivity index (χ1) is 10.0. The summed E-state index contributed by atoms with van der Waals surface area (Å²) in [6, 6.07) is 10.7. The summed E-state index contributed by atoms with van der Waals surface area (Å²) in [5.41, 5.74) is 2.43. The minimum Gasteiger partial charge on any atom is -0.392 e. The van der Waals surface area contributed by atoms with Crippen molar-refractivity contribution in [2.75, 3.05) is 6.54 Å². The van der Waals surface area contributed by atoms with Crippen molar-refractivity contribution < 1.29 is 5.11 Å². The number of rotatable bonds is 7. The molecule has 0 bridgehead atoms. The monoisotopic (exact) mass is 287 g/mol. The van der Waals surface area contributed by atoms with Gasteiger partial charge in [-0.2, -0.15) is 5.10 Å². The molecule has 21 heavy (non-hydrogen) atoms. The molecule has 0 fully saturated rings. The molecule has 0 radical (unpaired) electrons. The van der Waals surface area contributed by atoms with Crippen molar-refractivity contribution in [3.05, 3.63) is 53.9 Å². The Morgan fingerprint density at radius 3 is 2.48 bits per heavy atom. The van der Waals surface area contributed by atoms with Gasteiger partial charge in [-0.15, -0.1) is 0 Å². The third-order valence-electron chi connectivity index (χ3n) is 3.49. The fourth-order valence-electron chi connectivity index (χ4n) is 2.38. The smallest absolute Gasteiger partial charge is 0.0659 e. The maximum atomic E-state index is 9.59. The molecule has 1 aromatic carbocycles. The first-order valence-corrected chi connectivity index (χ1v) is 7.52. The standard InChI is InChI=1S/C17H25N3O/c1-14(2)19(10-15(3)21)11-17-9-18-20(13-17)12-16-7-5-4-6-8-16/h4-9,13-15,21H,10-12H2,1-3H3. The van der Waals surface area contributed by atoms with Crippen LogP contribution in [0.15, 0.2) is 42.7 Å². The third-order valence-corrected chi connectivity index (χ3v) is 3.49. The first-order valence-electron chi connectivity index (χ1n) is 7.52. The second-order valence-electron chi connectivity index (χ2n) is 5.90. The molecular weight excluding hydrogens is 262 g/mol. The molecule has 0 amide bonds. The van der Waals surface area contributed by atoms with Gasteiger partial charge in [0.05, 0.1) is 18.8 Å². The van der Waals surface area contributed by atoms with E-state index in [1.165, 1.54) is 11.1 Å². The highest BCUT2D eigenvalue weighted by molar-refractivity contribution is 5.15. The normalized spacial score (nSPS) is 13.0. The van der Waals surface area contributed by atoms with Crippen molar-refractivity contribution in [1.82, 2.24) is 14.7 Å². The van der Waals surface area contributed by atoms with E-state index in [2.05, 4.69) is 42.2 Å². The fraction of sp³-hybridized carbons (Fsp3) is 0.471. The molecule has 1 atom stereocenters. The van der Waals surface area contributed by atoms with Gasteiger partial charge in [-0.1, -0.05) is 30.3 Å². The molecular formula is C17H25N3O. The Bertz CT molecular complexity index is 534. The van der Waals surface area contributed by atoms with Gasteiger partial charge >= 0.3 is 0 Å². The summed E-state index contributed by atoms with van der Waals surface area (Å²) in [6.07, 6.45) is 3.69. The molecule has 1 unspecified atom stereocenters. The van der Waals surface area contributed by atoms with Crippen molar-refractivity contribution in [3.63, 3.8) is 0 Å². The molecule has 2 rings (SSSR count). The largest absolute Gasteiger partial charge is 0.392 e. The Morgan fingerprint density at radius 1 is 1.14 bits per heavy atom. The van der Waals surface area contributed by atoms with Gasteiger partial charge in [0.15, 0.2) is 0 Å². The van der Waals surface area contributed by atoms with E-state index in [0.29, 0.717) is 12.6 Å². The van der Waals surface area contributed by atoms with Crippen LogP contribution in [-0.4, -0.2) is 38.5 Å². The average molecular weight is 287 g/mol. The quantitative estimate of drug-likeness (QED) is 0.851. The highest BCUT2D eigenvalue weighted by atomic mass is 16.3. The van der Waals surface area contributed by atoms with Crippen molar-refractivity contribution in [2.45, 2.75) is 46.0 Å². The fourth-order valence-corrected chi connectivity index (χ4v) is 2.38. The summed E-state index contributed by atoms with van der Waals surface area (Å²) in [5.74, 6) is 0. The number of aromatic nitrogens is 2. The van der Waals surface area contributed by atoms with E-state index in [4.69, 9.17) is 0 Å². The molecule has 1 aromatic heterocycles. The van der Waals surface area contributed by atoms with Crippen LogP contribution in [0, 0.1) is 0 Å². The molecule has 114 valence electrons. The number of benzene rings is 1. The van der Waals surface area contributed by atoms with Gasteiger partial charge in [-0.3, -0.25) is 9.58 Å². The van der Waals surface area contributed by atoms with E-state index in [9.17, 15) is 5.11 Å². The maximum absolute atomic E-state index is 9.59. The molecule has 0 aliphatic heterocycles. The second kappa shape index (κ2) is 7.38. The summed E-state index contributed by atoms with van der Waals surface area (Å²) in [4.78, 5) is 2.26. The summed E-state index contributed by atoms with van der Waals surface area (Å²) in [7, 11) is 0. The molecule has 4 nitrogen and oxygen atoms in total. The molecule has 4 heteroatoms. The van der Waals surface area contributed by atoms with Crippen LogP contribution >= 0.6 is 0 Å². The van der Waals surface area contributed by atoms with Gasteiger partial charge in [0, 0.05) is 30.9 Å². The van der Waals surface area contributed by atoms with Crippen LogP contribution in [0.4, 0.5) is 0 Å². The van der Waals surface area contributed by atoms with Crippen LogP contribution in [0.2, 0.25) is 0 Å². The summed E-state index contributed by atoms with van der Waals surface area (Å²) >= 11 is 0. The van der Waals surface area contributed by atoms with Crippen LogP contribution in [0.25, 0.3) is 0 Å². The van der Waals surface area contributed by atoms with Crippen molar-refractivity contribution in [2.24, 2.45) is 0 Å². The van der Waals surface area contributed by atoms with E-state index in [0.717, 1.165) is 13.1 Å². The number of hydrogen-bond acceptors (Lipinski definition) is 3. The Labute approximate surface area is 127 Å². The topological polar surface area (TPSA) is 41.3 Å². The van der Waals surface area contributed by atoms with E-state index in [-0.39, 0.29) is 6.10 Å². The molecule has 0 saturated heterocycles. The van der Waals surface area contributed by atoms with Crippen LogP contribution in [-0.2, 0) is 13.1 Å². The lowest BCUT2D eigenvalue weighted by Gasteiger charge is -2.27. The summed E-state index contributed by atoms with van der Waals surface area (Å²) < 4.78 is 1.96. The number of aliphatic hydroxyl groups excluding tert-OH is 1. The average Bonchev–Trinajstić information content (AvgIpc) is 2.86. The zero-order valence-corrected chi connectivity index (χ0v) is 13.1. The lowest BCUT2D eigenvalue weighted by atomic mass is 10.2. The van der Waals surface area contributed by atoms with Crippen molar-refractivity contribution in [3.8, 4) is 0 Å². The Hall–Kier alpha value is -1.65. The molecule has 0 aliphatic rings. The van der Waals surface area contributed by atoms with Gasteiger partial charge in [-0.05, 0) is 26.3 Å². The predicted molar refractivity (Wildman–Crippen MR) is 85.0 cm³/mol. The molecule has 2 aromatic rings. The van der Waals surface area contributed by atoms with Gasteiger partial charge in [0.1, 0.15) is 0 Å². The highest BCUT2D eigenvalue weighted by Crippen LogP contribution is 2.10. The number of hydrogen-bond donors (Lipinski definition) is 1. The van der Waals surface area contributed by atoms with E-state index in [1.54, 1.807) is 0 Å². The minimum absolute atomic E-state index is 0.313. The maximum Gasteiger partial charge on any atom is 0.0659 e. The Balaban J connectivity index is 1.98. The van der Waals surface area contributed by atoms with Crippen molar-refractivity contribution in [1.29, 1.82) is 0 Å². The number of aliphatic hydroxyl groups is 1. The molecule has 1 N–H and O–H groups in total. The molecule has 0 spiro atoms. The summed E-state index contributed by atoms with van der Waals surface area (Å²) in [5, 5.41) is 14.0. The molecule has 1 heterocycles. The third kappa shape index (κ3) is 4.99. The Kier molecular flexibility index (Phi) is 5.53. The van der Waals surface area contributed by atoms with Crippen LogP contribution in [0.5, 0.6) is 0 Å². The van der Waals surface area contributed by atoms with Gasteiger partial charge < -0.3 is 5.11 Å².